The van der Waals surface area contributed by atoms with Crippen molar-refractivity contribution >= 4 is 11.5 Å². The number of nitroso groups, excluding NO2 is 1. The molecule has 7 heteroatoms. The van der Waals surface area contributed by atoms with E-state index in [1.54, 1.807) is 0 Å². The number of unbranched alkanes of at least 4 members (excludes halogenated alkanes) is 9. The first-order chi connectivity index (χ1) is 11.5. The van der Waals surface area contributed by atoms with Crippen LogP contribution in [0.4, 0.5) is 11.5 Å². The molecule has 0 amide bonds. The minimum atomic E-state index is -0.744. The second-order valence-corrected chi connectivity index (χ2v) is 6.31. The van der Waals surface area contributed by atoms with E-state index in [0.29, 0.717) is 6.54 Å². The summed E-state index contributed by atoms with van der Waals surface area (Å²) in [6.07, 6.45) is 11.9. The monoisotopic (exact) mass is 338 g/mol. The van der Waals surface area contributed by atoms with Gasteiger partial charge in [0.05, 0.1) is 0 Å². The standard InChI is InChI=1S/C17H30N4O3/c1-3-4-5-6-7-8-9-10-11-12-13-21-15(18)14(19-24)16(22)20(2)17(21)23/h3-13,18H2,1-2H3. The topological polar surface area (TPSA) is 99.4 Å². The van der Waals surface area contributed by atoms with Crippen molar-refractivity contribution in [3.63, 3.8) is 0 Å². The molecule has 7 nitrogen and oxygen atoms in total. The number of anilines is 1. The van der Waals surface area contributed by atoms with Crippen LogP contribution in [0.15, 0.2) is 14.8 Å². The van der Waals surface area contributed by atoms with Crippen LogP contribution in [0.25, 0.3) is 0 Å². The van der Waals surface area contributed by atoms with Gasteiger partial charge in [-0.3, -0.25) is 13.9 Å². The molecular weight excluding hydrogens is 308 g/mol. The highest BCUT2D eigenvalue weighted by Gasteiger charge is 2.15. The van der Waals surface area contributed by atoms with Gasteiger partial charge in [0.2, 0.25) is 5.69 Å². The lowest BCUT2D eigenvalue weighted by Gasteiger charge is -2.11. The highest BCUT2D eigenvalue weighted by molar-refractivity contribution is 5.55. The van der Waals surface area contributed by atoms with Gasteiger partial charge in [0.15, 0.2) is 0 Å². The molecule has 0 aliphatic carbocycles. The van der Waals surface area contributed by atoms with Gasteiger partial charge in [0.1, 0.15) is 5.82 Å². The van der Waals surface area contributed by atoms with Crippen molar-refractivity contribution in [2.45, 2.75) is 77.7 Å². The fraction of sp³-hybridized carbons (Fsp3) is 0.765. The molecule has 0 atom stereocenters. The summed E-state index contributed by atoms with van der Waals surface area (Å²) in [6, 6.07) is 0. The van der Waals surface area contributed by atoms with Gasteiger partial charge in [-0.15, -0.1) is 4.91 Å². The Morgan fingerprint density at radius 3 is 1.92 bits per heavy atom. The summed E-state index contributed by atoms with van der Waals surface area (Å²) in [4.78, 5) is 34.5. The zero-order chi connectivity index (χ0) is 17.9. The third kappa shape index (κ3) is 5.62. The summed E-state index contributed by atoms with van der Waals surface area (Å²) in [6.45, 7) is 2.62. The first-order valence-electron chi connectivity index (χ1n) is 8.97. The number of nitrogens with two attached hydrogens (primary N) is 1. The maximum atomic E-state index is 12.1. The highest BCUT2D eigenvalue weighted by atomic mass is 16.3. The first kappa shape index (κ1) is 20.1. The maximum Gasteiger partial charge on any atom is 0.332 e. The average molecular weight is 338 g/mol. The zero-order valence-corrected chi connectivity index (χ0v) is 14.9. The maximum absolute atomic E-state index is 12.1. The number of rotatable bonds is 12. The Labute approximate surface area is 142 Å². The third-order valence-corrected chi connectivity index (χ3v) is 4.39. The van der Waals surface area contributed by atoms with Crippen LogP contribution in [-0.2, 0) is 13.6 Å². The molecular formula is C17H30N4O3. The molecule has 0 unspecified atom stereocenters. The lowest BCUT2D eigenvalue weighted by molar-refractivity contribution is 0.520. The van der Waals surface area contributed by atoms with Crippen LogP contribution in [0, 0.1) is 4.91 Å². The van der Waals surface area contributed by atoms with Crippen LogP contribution in [0.1, 0.15) is 71.1 Å². The van der Waals surface area contributed by atoms with Crippen molar-refractivity contribution in [2.75, 3.05) is 5.73 Å². The van der Waals surface area contributed by atoms with Gasteiger partial charge in [0, 0.05) is 13.6 Å². The molecule has 1 aromatic rings. The largest absolute Gasteiger partial charge is 0.383 e. The summed E-state index contributed by atoms with van der Waals surface area (Å²) >= 11 is 0. The molecule has 0 fully saturated rings. The molecule has 0 aromatic carbocycles. The highest BCUT2D eigenvalue weighted by Crippen LogP contribution is 2.15. The van der Waals surface area contributed by atoms with E-state index in [9.17, 15) is 14.5 Å². The van der Waals surface area contributed by atoms with Gasteiger partial charge in [-0.1, -0.05) is 64.7 Å². The minimum Gasteiger partial charge on any atom is -0.383 e. The Morgan fingerprint density at radius 2 is 1.42 bits per heavy atom. The Morgan fingerprint density at radius 1 is 0.917 bits per heavy atom. The van der Waals surface area contributed by atoms with Gasteiger partial charge in [-0.25, -0.2) is 4.79 Å². The molecule has 0 saturated heterocycles. The van der Waals surface area contributed by atoms with Crippen LogP contribution in [0.5, 0.6) is 0 Å². The van der Waals surface area contributed by atoms with E-state index in [4.69, 9.17) is 5.73 Å². The van der Waals surface area contributed by atoms with Crippen molar-refractivity contribution in [1.29, 1.82) is 0 Å². The Bertz CT molecular complexity index is 634. The predicted octanol–water partition coefficient (Wildman–Crippen LogP) is 3.45. The molecule has 1 heterocycles. The van der Waals surface area contributed by atoms with Crippen molar-refractivity contribution in [1.82, 2.24) is 9.13 Å². The molecule has 24 heavy (non-hydrogen) atoms. The molecule has 0 bridgehead atoms. The van der Waals surface area contributed by atoms with Gasteiger partial charge >= 0.3 is 5.69 Å². The Balaban J connectivity index is 2.39. The summed E-state index contributed by atoms with van der Waals surface area (Å²) in [5, 5.41) is 2.66. The fourth-order valence-electron chi connectivity index (χ4n) is 2.83. The predicted molar refractivity (Wildman–Crippen MR) is 97.7 cm³/mol. The number of hydrogen-bond donors (Lipinski definition) is 1. The van der Waals surface area contributed by atoms with Crippen molar-refractivity contribution < 1.29 is 0 Å². The minimum absolute atomic E-state index is 0.131. The molecule has 1 aromatic heterocycles. The van der Waals surface area contributed by atoms with E-state index in [1.165, 1.54) is 56.6 Å². The van der Waals surface area contributed by atoms with Gasteiger partial charge < -0.3 is 5.73 Å². The van der Waals surface area contributed by atoms with Gasteiger partial charge in [-0.2, -0.15) is 0 Å². The summed E-state index contributed by atoms with van der Waals surface area (Å²) in [7, 11) is 1.33. The lowest BCUT2D eigenvalue weighted by atomic mass is 10.1. The van der Waals surface area contributed by atoms with Gasteiger partial charge in [-0.05, 0) is 11.6 Å². The fourth-order valence-corrected chi connectivity index (χ4v) is 2.83. The molecule has 1 rings (SSSR count). The quantitative estimate of drug-likeness (QED) is 0.466. The Kier molecular flexibility index (Phi) is 9.04. The second kappa shape index (κ2) is 10.8. The van der Waals surface area contributed by atoms with E-state index in [2.05, 4.69) is 12.1 Å². The lowest BCUT2D eigenvalue weighted by Crippen LogP contribution is -2.39. The van der Waals surface area contributed by atoms with E-state index < -0.39 is 11.2 Å². The molecule has 0 radical (unpaired) electrons. The summed E-state index contributed by atoms with van der Waals surface area (Å²) in [5.74, 6) is -0.131. The van der Waals surface area contributed by atoms with Crippen LogP contribution < -0.4 is 17.0 Å². The normalized spacial score (nSPS) is 10.9. The number of nitrogens with zero attached hydrogens (tertiary/aromatic N) is 3. The molecule has 0 aliphatic rings. The number of hydrogen-bond acceptors (Lipinski definition) is 5. The van der Waals surface area contributed by atoms with E-state index in [1.807, 2.05) is 0 Å². The van der Waals surface area contributed by atoms with Gasteiger partial charge in [0.25, 0.3) is 5.56 Å². The van der Waals surface area contributed by atoms with Crippen molar-refractivity contribution in [2.24, 2.45) is 12.2 Å². The Hall–Kier alpha value is -1.92. The zero-order valence-electron chi connectivity index (χ0n) is 14.9. The van der Waals surface area contributed by atoms with E-state index >= 15 is 0 Å². The van der Waals surface area contributed by atoms with Crippen LogP contribution in [-0.4, -0.2) is 9.13 Å². The third-order valence-electron chi connectivity index (χ3n) is 4.39. The van der Waals surface area contributed by atoms with Crippen LogP contribution in [0.2, 0.25) is 0 Å². The van der Waals surface area contributed by atoms with Crippen LogP contribution >= 0.6 is 0 Å². The number of nitrogen functional groups attached to an aromatic ring is 1. The SMILES string of the molecule is CCCCCCCCCCCCn1c(N)c(N=O)c(=O)n(C)c1=O. The van der Waals surface area contributed by atoms with Crippen molar-refractivity contribution in [3.8, 4) is 0 Å². The van der Waals surface area contributed by atoms with E-state index in [-0.39, 0.29) is 11.5 Å². The molecule has 0 saturated carbocycles. The first-order valence-corrected chi connectivity index (χ1v) is 8.97. The molecule has 0 aliphatic heterocycles. The van der Waals surface area contributed by atoms with Crippen LogP contribution in [0.3, 0.4) is 0 Å². The average Bonchev–Trinajstić information content (AvgIpc) is 2.58. The summed E-state index contributed by atoms with van der Waals surface area (Å²) < 4.78 is 2.15. The molecule has 0 spiro atoms. The molecule has 2 N–H and O–H groups in total. The summed E-state index contributed by atoms with van der Waals surface area (Å²) in [5.41, 5.74) is 4.11. The van der Waals surface area contributed by atoms with Crippen molar-refractivity contribution in [3.05, 3.63) is 25.7 Å². The second-order valence-electron chi connectivity index (χ2n) is 6.31. The smallest absolute Gasteiger partial charge is 0.332 e. The molecule has 136 valence electrons. The van der Waals surface area contributed by atoms with E-state index in [0.717, 1.165) is 23.8 Å². The number of aromatic nitrogens is 2.